The summed E-state index contributed by atoms with van der Waals surface area (Å²) in [4.78, 5) is 4.22. The molecule has 0 bridgehead atoms. The quantitative estimate of drug-likeness (QED) is 0.762. The molecule has 2 aromatic rings. The number of alkyl halides is 1. The van der Waals surface area contributed by atoms with Crippen LogP contribution in [0.15, 0.2) is 30.5 Å². The zero-order valence-corrected chi connectivity index (χ0v) is 9.83. The maximum absolute atomic E-state index is 9.01. The number of nitriles is 1. The normalized spacial score (nSPS) is 12.3. The number of hydrogen-bond acceptors (Lipinski definition) is 2. The van der Waals surface area contributed by atoms with Crippen LogP contribution in [-0.4, -0.2) is 10.9 Å². The molecule has 1 atom stereocenters. The number of halogens is 2. The average molecular weight is 251 g/mol. The monoisotopic (exact) mass is 250 g/mol. The van der Waals surface area contributed by atoms with E-state index in [4.69, 9.17) is 28.5 Å². The van der Waals surface area contributed by atoms with Gasteiger partial charge in [0.25, 0.3) is 0 Å². The Balaban J connectivity index is 2.67. The van der Waals surface area contributed by atoms with Crippen LogP contribution in [0.3, 0.4) is 0 Å². The van der Waals surface area contributed by atoms with Crippen LogP contribution in [0.4, 0.5) is 0 Å². The van der Waals surface area contributed by atoms with Crippen LogP contribution in [0.2, 0.25) is 5.02 Å². The lowest BCUT2D eigenvalue weighted by molar-refractivity contribution is 0.999. The summed E-state index contributed by atoms with van der Waals surface area (Å²) in [5.41, 5.74) is 1.69. The SMILES string of the molecule is N#CC(CCl)c1ccnc2cc(Cl)ccc12. The summed E-state index contributed by atoms with van der Waals surface area (Å²) >= 11 is 11.7. The highest BCUT2D eigenvalue weighted by Gasteiger charge is 2.12. The number of hydrogen-bond donors (Lipinski definition) is 0. The van der Waals surface area contributed by atoms with Crippen molar-refractivity contribution in [1.29, 1.82) is 5.26 Å². The van der Waals surface area contributed by atoms with Gasteiger partial charge < -0.3 is 0 Å². The molecule has 2 rings (SSSR count). The molecule has 1 unspecified atom stereocenters. The van der Waals surface area contributed by atoms with Gasteiger partial charge in [0.2, 0.25) is 0 Å². The van der Waals surface area contributed by atoms with E-state index in [0.717, 1.165) is 16.5 Å². The molecule has 0 spiro atoms. The molecule has 0 fully saturated rings. The predicted molar refractivity (Wildman–Crippen MR) is 65.8 cm³/mol. The summed E-state index contributed by atoms with van der Waals surface area (Å²) in [6.45, 7) is 0. The lowest BCUT2D eigenvalue weighted by Crippen LogP contribution is -1.98. The molecule has 1 aromatic carbocycles. The van der Waals surface area contributed by atoms with Crippen LogP contribution in [0.1, 0.15) is 11.5 Å². The maximum atomic E-state index is 9.01. The molecular weight excluding hydrogens is 243 g/mol. The highest BCUT2D eigenvalue weighted by molar-refractivity contribution is 6.31. The van der Waals surface area contributed by atoms with E-state index in [1.165, 1.54) is 0 Å². The zero-order valence-electron chi connectivity index (χ0n) is 8.32. The minimum Gasteiger partial charge on any atom is -0.256 e. The minimum absolute atomic E-state index is 0.276. The number of aromatic nitrogens is 1. The largest absolute Gasteiger partial charge is 0.256 e. The fourth-order valence-corrected chi connectivity index (χ4v) is 2.04. The standard InChI is InChI=1S/C12H8Cl2N2/c13-6-8(7-15)10-3-4-16-12-5-9(14)1-2-11(10)12/h1-5,8H,6H2. The molecule has 0 radical (unpaired) electrons. The summed E-state index contributed by atoms with van der Waals surface area (Å²) in [7, 11) is 0. The van der Waals surface area contributed by atoms with Crippen LogP contribution in [0.25, 0.3) is 10.9 Å². The first-order chi connectivity index (χ1) is 7.76. The third-order valence-electron chi connectivity index (χ3n) is 2.42. The maximum Gasteiger partial charge on any atom is 0.0855 e. The number of benzene rings is 1. The predicted octanol–water partition coefficient (Wildman–Crippen LogP) is 3.73. The Morgan fingerprint density at radius 2 is 2.19 bits per heavy atom. The van der Waals surface area contributed by atoms with Crippen molar-refractivity contribution in [2.24, 2.45) is 0 Å². The van der Waals surface area contributed by atoms with Gasteiger partial charge in [-0.2, -0.15) is 5.26 Å². The Bertz CT molecular complexity index is 560. The lowest BCUT2D eigenvalue weighted by Gasteiger charge is -2.09. The summed E-state index contributed by atoms with van der Waals surface area (Å²) in [5.74, 6) is -0.0357. The summed E-state index contributed by atoms with van der Waals surface area (Å²) < 4.78 is 0. The van der Waals surface area contributed by atoms with Gasteiger partial charge in [-0.05, 0) is 23.8 Å². The van der Waals surface area contributed by atoms with Gasteiger partial charge in [-0.25, -0.2) is 0 Å². The van der Waals surface area contributed by atoms with Crippen LogP contribution < -0.4 is 0 Å². The molecule has 80 valence electrons. The molecular formula is C12H8Cl2N2. The van der Waals surface area contributed by atoms with Gasteiger partial charge >= 0.3 is 0 Å². The second kappa shape index (κ2) is 4.69. The first-order valence-corrected chi connectivity index (χ1v) is 5.67. The molecule has 0 amide bonds. The van der Waals surface area contributed by atoms with Gasteiger partial charge in [0, 0.05) is 22.5 Å². The van der Waals surface area contributed by atoms with Gasteiger partial charge in [-0.1, -0.05) is 17.7 Å². The molecule has 0 aliphatic rings. The Kier molecular flexibility index (Phi) is 3.28. The highest BCUT2D eigenvalue weighted by Crippen LogP contribution is 2.26. The molecule has 1 aromatic heterocycles. The van der Waals surface area contributed by atoms with Crippen molar-refractivity contribution >= 4 is 34.1 Å². The van der Waals surface area contributed by atoms with Crippen LogP contribution in [0, 0.1) is 11.3 Å². The second-order valence-corrected chi connectivity index (χ2v) is 4.14. The lowest BCUT2D eigenvalue weighted by atomic mass is 9.98. The molecule has 4 heteroatoms. The van der Waals surface area contributed by atoms with E-state index in [9.17, 15) is 0 Å². The van der Waals surface area contributed by atoms with Crippen molar-refractivity contribution in [2.45, 2.75) is 5.92 Å². The first-order valence-electron chi connectivity index (χ1n) is 4.76. The highest BCUT2D eigenvalue weighted by atomic mass is 35.5. The van der Waals surface area contributed by atoms with Crippen LogP contribution in [-0.2, 0) is 0 Å². The van der Waals surface area contributed by atoms with E-state index in [1.807, 2.05) is 12.1 Å². The van der Waals surface area contributed by atoms with Gasteiger partial charge in [0.15, 0.2) is 0 Å². The van der Waals surface area contributed by atoms with E-state index in [1.54, 1.807) is 18.3 Å². The molecule has 0 saturated heterocycles. The van der Waals surface area contributed by atoms with Crippen LogP contribution in [0.5, 0.6) is 0 Å². The third kappa shape index (κ3) is 1.97. The number of fused-ring (bicyclic) bond motifs is 1. The van der Waals surface area contributed by atoms with Crippen molar-refractivity contribution in [2.75, 3.05) is 5.88 Å². The van der Waals surface area contributed by atoms with Crippen molar-refractivity contribution in [3.05, 3.63) is 41.0 Å². The van der Waals surface area contributed by atoms with Crippen molar-refractivity contribution in [3.63, 3.8) is 0 Å². The summed E-state index contributed by atoms with van der Waals surface area (Å²) in [6, 6.07) is 9.45. The Hall–Kier alpha value is -1.30. The van der Waals surface area contributed by atoms with Gasteiger partial charge in [0.05, 0.1) is 17.5 Å². The van der Waals surface area contributed by atoms with Crippen molar-refractivity contribution in [3.8, 4) is 6.07 Å². The fourth-order valence-electron chi connectivity index (χ4n) is 1.63. The minimum atomic E-state index is -0.312. The molecule has 0 aliphatic carbocycles. The van der Waals surface area contributed by atoms with E-state index in [-0.39, 0.29) is 11.8 Å². The second-order valence-electron chi connectivity index (χ2n) is 3.40. The molecule has 2 nitrogen and oxygen atoms in total. The molecule has 16 heavy (non-hydrogen) atoms. The first kappa shape index (κ1) is 11.2. The van der Waals surface area contributed by atoms with E-state index in [0.29, 0.717) is 5.02 Å². The fraction of sp³-hybridized carbons (Fsp3) is 0.167. The van der Waals surface area contributed by atoms with Gasteiger partial charge in [0.1, 0.15) is 0 Å². The number of pyridine rings is 1. The Morgan fingerprint density at radius 3 is 2.88 bits per heavy atom. The summed E-state index contributed by atoms with van der Waals surface area (Å²) in [6.07, 6.45) is 1.67. The van der Waals surface area contributed by atoms with E-state index < -0.39 is 0 Å². The van der Waals surface area contributed by atoms with Gasteiger partial charge in [-0.3, -0.25) is 4.98 Å². The third-order valence-corrected chi connectivity index (χ3v) is 2.97. The molecule has 0 saturated carbocycles. The smallest absolute Gasteiger partial charge is 0.0855 e. The average Bonchev–Trinajstić information content (AvgIpc) is 2.30. The topological polar surface area (TPSA) is 36.7 Å². The number of nitrogens with zero attached hydrogens (tertiary/aromatic N) is 2. The molecule has 0 N–H and O–H groups in total. The van der Waals surface area contributed by atoms with E-state index >= 15 is 0 Å². The van der Waals surface area contributed by atoms with E-state index in [2.05, 4.69) is 11.1 Å². The van der Waals surface area contributed by atoms with Crippen molar-refractivity contribution in [1.82, 2.24) is 4.98 Å². The Labute approximate surface area is 103 Å². The molecule has 1 heterocycles. The van der Waals surface area contributed by atoms with Gasteiger partial charge in [-0.15, -0.1) is 11.6 Å². The number of rotatable bonds is 2. The molecule has 0 aliphatic heterocycles. The zero-order chi connectivity index (χ0) is 11.5. The summed E-state index contributed by atoms with van der Waals surface area (Å²) in [5, 5.41) is 10.6. The van der Waals surface area contributed by atoms with Crippen LogP contribution >= 0.6 is 23.2 Å². The Morgan fingerprint density at radius 1 is 1.38 bits per heavy atom. The van der Waals surface area contributed by atoms with Crippen molar-refractivity contribution < 1.29 is 0 Å².